The van der Waals surface area contributed by atoms with Gasteiger partial charge in [-0.2, -0.15) is 5.26 Å². The molecule has 1 aromatic rings. The summed E-state index contributed by atoms with van der Waals surface area (Å²) in [4.78, 5) is 0. The standard InChI is InChI=1S/C15H19NO/c1-11-8-12(2)14(13(3)9-11)17-10-15(4-5-15)6-7-16/h8-9H,4-6,10H2,1-3H3. The van der Waals surface area contributed by atoms with E-state index in [1.54, 1.807) is 0 Å². The molecule has 2 rings (SSSR count). The van der Waals surface area contributed by atoms with Crippen molar-refractivity contribution in [1.29, 1.82) is 5.26 Å². The predicted molar refractivity (Wildman–Crippen MR) is 68.0 cm³/mol. The maximum atomic E-state index is 8.78. The average Bonchev–Trinajstić information content (AvgIpc) is 2.97. The molecule has 1 saturated carbocycles. The van der Waals surface area contributed by atoms with Gasteiger partial charge in [0.25, 0.3) is 0 Å². The van der Waals surface area contributed by atoms with Gasteiger partial charge in [0, 0.05) is 11.8 Å². The van der Waals surface area contributed by atoms with Gasteiger partial charge < -0.3 is 4.74 Å². The van der Waals surface area contributed by atoms with Crippen LogP contribution >= 0.6 is 0 Å². The quantitative estimate of drug-likeness (QED) is 0.789. The molecule has 17 heavy (non-hydrogen) atoms. The topological polar surface area (TPSA) is 33.0 Å². The third kappa shape index (κ3) is 2.61. The van der Waals surface area contributed by atoms with E-state index in [2.05, 4.69) is 39.0 Å². The summed E-state index contributed by atoms with van der Waals surface area (Å²) in [5.41, 5.74) is 3.80. The molecule has 0 radical (unpaired) electrons. The van der Waals surface area contributed by atoms with Gasteiger partial charge in [-0.1, -0.05) is 17.7 Å². The van der Waals surface area contributed by atoms with Crippen molar-refractivity contribution in [3.05, 3.63) is 28.8 Å². The molecule has 0 saturated heterocycles. The second-order valence-electron chi connectivity index (χ2n) is 5.35. The van der Waals surface area contributed by atoms with Crippen molar-refractivity contribution in [3.8, 4) is 11.8 Å². The lowest BCUT2D eigenvalue weighted by molar-refractivity contribution is 0.234. The third-order valence-electron chi connectivity index (χ3n) is 3.54. The van der Waals surface area contributed by atoms with E-state index in [0.29, 0.717) is 13.0 Å². The van der Waals surface area contributed by atoms with Crippen molar-refractivity contribution < 1.29 is 4.74 Å². The van der Waals surface area contributed by atoms with Crippen LogP contribution in [0, 0.1) is 37.5 Å². The van der Waals surface area contributed by atoms with Crippen molar-refractivity contribution in [3.63, 3.8) is 0 Å². The van der Waals surface area contributed by atoms with E-state index in [9.17, 15) is 0 Å². The Morgan fingerprint density at radius 1 is 1.24 bits per heavy atom. The van der Waals surface area contributed by atoms with Gasteiger partial charge in [-0.05, 0) is 44.7 Å². The molecule has 0 N–H and O–H groups in total. The first kappa shape index (κ1) is 12.0. The van der Waals surface area contributed by atoms with Crippen molar-refractivity contribution in [2.45, 2.75) is 40.0 Å². The van der Waals surface area contributed by atoms with Crippen molar-refractivity contribution >= 4 is 0 Å². The Bertz CT molecular complexity index is 443. The maximum Gasteiger partial charge on any atom is 0.125 e. The van der Waals surface area contributed by atoms with E-state index in [1.165, 1.54) is 16.7 Å². The van der Waals surface area contributed by atoms with Crippen molar-refractivity contribution in [1.82, 2.24) is 0 Å². The number of aryl methyl sites for hydroxylation is 3. The normalized spacial score (nSPS) is 16.4. The first-order valence-electron chi connectivity index (χ1n) is 6.14. The van der Waals surface area contributed by atoms with Gasteiger partial charge in [0.1, 0.15) is 5.75 Å². The molecule has 1 aliphatic carbocycles. The number of nitrogens with zero attached hydrogens (tertiary/aromatic N) is 1. The van der Waals surface area contributed by atoms with Crippen LogP contribution in [0.15, 0.2) is 12.1 Å². The molecule has 0 bridgehead atoms. The zero-order valence-corrected chi connectivity index (χ0v) is 10.8. The van der Waals surface area contributed by atoms with Gasteiger partial charge in [-0.3, -0.25) is 0 Å². The Morgan fingerprint density at radius 2 is 1.82 bits per heavy atom. The monoisotopic (exact) mass is 229 g/mol. The average molecular weight is 229 g/mol. The summed E-state index contributed by atoms with van der Waals surface area (Å²) < 4.78 is 5.95. The highest BCUT2D eigenvalue weighted by Gasteiger charge is 2.43. The minimum Gasteiger partial charge on any atom is -0.492 e. The third-order valence-corrected chi connectivity index (χ3v) is 3.54. The lowest BCUT2D eigenvalue weighted by Gasteiger charge is -2.17. The molecule has 0 atom stereocenters. The van der Waals surface area contributed by atoms with Crippen LogP contribution in [0.25, 0.3) is 0 Å². The van der Waals surface area contributed by atoms with E-state index >= 15 is 0 Å². The lowest BCUT2D eigenvalue weighted by atomic mass is 10.0. The fourth-order valence-corrected chi connectivity index (χ4v) is 2.34. The molecule has 2 heteroatoms. The van der Waals surface area contributed by atoms with Crippen LogP contribution in [-0.4, -0.2) is 6.61 Å². The minimum absolute atomic E-state index is 0.151. The molecule has 1 fully saturated rings. The zero-order chi connectivity index (χ0) is 12.5. The Balaban J connectivity index is 2.07. The van der Waals surface area contributed by atoms with Crippen molar-refractivity contribution in [2.75, 3.05) is 6.61 Å². The summed E-state index contributed by atoms with van der Waals surface area (Å²) in [5.74, 6) is 1.000. The van der Waals surface area contributed by atoms with Crippen LogP contribution in [0.4, 0.5) is 0 Å². The van der Waals surface area contributed by atoms with E-state index in [-0.39, 0.29) is 5.41 Å². The summed E-state index contributed by atoms with van der Waals surface area (Å²) in [6.45, 7) is 6.95. The smallest absolute Gasteiger partial charge is 0.125 e. The fourth-order valence-electron chi connectivity index (χ4n) is 2.34. The van der Waals surface area contributed by atoms with Crippen LogP contribution < -0.4 is 4.74 Å². The molecule has 0 amide bonds. The molecule has 2 nitrogen and oxygen atoms in total. The summed E-state index contributed by atoms with van der Waals surface area (Å²) in [7, 11) is 0. The molecule has 0 aliphatic heterocycles. The molecule has 1 aromatic carbocycles. The molecule has 90 valence electrons. The second kappa shape index (κ2) is 4.41. The second-order valence-corrected chi connectivity index (χ2v) is 5.35. The Labute approximate surface area is 103 Å². The molecule has 1 aliphatic rings. The van der Waals surface area contributed by atoms with Crippen LogP contribution in [0.3, 0.4) is 0 Å². The zero-order valence-electron chi connectivity index (χ0n) is 10.8. The minimum atomic E-state index is 0.151. The fraction of sp³-hybridized carbons (Fsp3) is 0.533. The highest BCUT2D eigenvalue weighted by atomic mass is 16.5. The number of hydrogen-bond acceptors (Lipinski definition) is 2. The molecular weight excluding hydrogens is 210 g/mol. The molecular formula is C15H19NO. The molecule has 0 spiro atoms. The highest BCUT2D eigenvalue weighted by molar-refractivity contribution is 5.43. The number of benzene rings is 1. The number of nitriles is 1. The van der Waals surface area contributed by atoms with Gasteiger partial charge in [-0.15, -0.1) is 0 Å². The maximum absolute atomic E-state index is 8.78. The molecule has 0 heterocycles. The lowest BCUT2D eigenvalue weighted by Crippen LogP contribution is -2.13. The van der Waals surface area contributed by atoms with Gasteiger partial charge in [0.15, 0.2) is 0 Å². The van der Waals surface area contributed by atoms with E-state index in [4.69, 9.17) is 10.00 Å². The van der Waals surface area contributed by atoms with Gasteiger partial charge >= 0.3 is 0 Å². The van der Waals surface area contributed by atoms with Gasteiger partial charge in [0.2, 0.25) is 0 Å². The van der Waals surface area contributed by atoms with E-state index < -0.39 is 0 Å². The van der Waals surface area contributed by atoms with Crippen LogP contribution in [0.2, 0.25) is 0 Å². The molecule has 0 unspecified atom stereocenters. The SMILES string of the molecule is Cc1cc(C)c(OCC2(CC#N)CC2)c(C)c1. The first-order valence-corrected chi connectivity index (χ1v) is 6.14. The van der Waals surface area contributed by atoms with Crippen LogP contribution in [0.1, 0.15) is 36.0 Å². The van der Waals surface area contributed by atoms with Gasteiger partial charge in [0.05, 0.1) is 12.7 Å². The van der Waals surface area contributed by atoms with Crippen molar-refractivity contribution in [2.24, 2.45) is 5.41 Å². The Morgan fingerprint density at radius 3 is 2.29 bits per heavy atom. The first-order chi connectivity index (χ1) is 8.06. The largest absolute Gasteiger partial charge is 0.492 e. The van der Waals surface area contributed by atoms with Crippen LogP contribution in [-0.2, 0) is 0 Å². The Kier molecular flexibility index (Phi) is 3.11. The van der Waals surface area contributed by atoms with Gasteiger partial charge in [-0.25, -0.2) is 0 Å². The highest BCUT2D eigenvalue weighted by Crippen LogP contribution is 2.49. The number of hydrogen-bond donors (Lipinski definition) is 0. The van der Waals surface area contributed by atoms with E-state index in [0.717, 1.165) is 18.6 Å². The predicted octanol–water partition coefficient (Wildman–Crippen LogP) is 3.68. The number of ether oxygens (including phenoxy) is 1. The summed E-state index contributed by atoms with van der Waals surface area (Å²) in [6, 6.07) is 6.56. The molecule has 0 aromatic heterocycles. The summed E-state index contributed by atoms with van der Waals surface area (Å²) in [5, 5.41) is 8.78. The summed E-state index contributed by atoms with van der Waals surface area (Å²) >= 11 is 0. The number of rotatable bonds is 4. The van der Waals surface area contributed by atoms with E-state index in [1.807, 2.05) is 0 Å². The Hall–Kier alpha value is -1.49. The van der Waals surface area contributed by atoms with Crippen LogP contribution in [0.5, 0.6) is 5.75 Å². The summed E-state index contributed by atoms with van der Waals surface area (Å²) in [6.07, 6.45) is 2.88.